The van der Waals surface area contributed by atoms with Gasteiger partial charge in [-0.1, -0.05) is 26.8 Å². The molecule has 0 aliphatic rings. The van der Waals surface area contributed by atoms with Crippen LogP contribution < -0.4 is 15.4 Å². The van der Waals surface area contributed by atoms with Gasteiger partial charge in [-0.15, -0.1) is 0 Å². The molecule has 1 aromatic rings. The summed E-state index contributed by atoms with van der Waals surface area (Å²) >= 11 is 0. The molecule has 2 amide bonds. The average molecular weight is 350 g/mol. The van der Waals surface area contributed by atoms with Crippen molar-refractivity contribution in [1.82, 2.24) is 10.6 Å². The number of carboxylic acid groups (broad SMARTS) is 1. The Morgan fingerprint density at radius 2 is 1.88 bits per heavy atom. The number of ether oxygens (including phenoxy) is 1. The van der Waals surface area contributed by atoms with Crippen LogP contribution in [0.15, 0.2) is 18.2 Å². The third kappa shape index (κ3) is 6.10. The molecule has 7 heteroatoms. The molecule has 0 bridgehead atoms. The van der Waals surface area contributed by atoms with Gasteiger partial charge in [-0.3, -0.25) is 9.59 Å². The second kappa shape index (κ2) is 8.50. The maximum Gasteiger partial charge on any atom is 0.335 e. The smallest absolute Gasteiger partial charge is 0.335 e. The molecule has 0 fully saturated rings. The predicted molar refractivity (Wildman–Crippen MR) is 93.7 cm³/mol. The number of carbonyl (C=O) groups excluding carboxylic acids is 2. The number of nitrogens with one attached hydrogen (secondary N) is 2. The van der Waals surface area contributed by atoms with Gasteiger partial charge < -0.3 is 20.5 Å². The summed E-state index contributed by atoms with van der Waals surface area (Å²) in [7, 11) is 1.47. The fourth-order valence-electron chi connectivity index (χ4n) is 2.04. The van der Waals surface area contributed by atoms with E-state index in [9.17, 15) is 14.4 Å². The molecule has 0 aliphatic heterocycles. The molecule has 1 rings (SSSR count). The van der Waals surface area contributed by atoms with Crippen LogP contribution >= 0.6 is 0 Å². The van der Waals surface area contributed by atoms with Crippen LogP contribution in [0, 0.1) is 5.41 Å². The first-order valence-corrected chi connectivity index (χ1v) is 8.05. The van der Waals surface area contributed by atoms with Gasteiger partial charge in [0.2, 0.25) is 11.8 Å². The lowest BCUT2D eigenvalue weighted by Crippen LogP contribution is -2.48. The topological polar surface area (TPSA) is 105 Å². The van der Waals surface area contributed by atoms with Gasteiger partial charge in [0.1, 0.15) is 11.8 Å². The SMILES string of the molecule is COc1cc(C(=O)O)ccc1CCNC(=O)C(C)NC(=O)C(C)(C)C. The molecule has 0 radical (unpaired) electrons. The van der Waals surface area contributed by atoms with Crippen molar-refractivity contribution in [3.05, 3.63) is 29.3 Å². The van der Waals surface area contributed by atoms with Crippen molar-refractivity contribution in [2.45, 2.75) is 40.2 Å². The second-order valence-electron chi connectivity index (χ2n) is 6.82. The first-order valence-electron chi connectivity index (χ1n) is 8.05. The van der Waals surface area contributed by atoms with E-state index in [0.29, 0.717) is 18.7 Å². The van der Waals surface area contributed by atoms with Gasteiger partial charge in [-0.25, -0.2) is 4.79 Å². The number of methoxy groups -OCH3 is 1. The first-order chi connectivity index (χ1) is 11.6. The van der Waals surface area contributed by atoms with Crippen molar-refractivity contribution < 1.29 is 24.2 Å². The zero-order valence-corrected chi connectivity index (χ0v) is 15.3. The second-order valence-corrected chi connectivity index (χ2v) is 6.82. The Morgan fingerprint density at radius 3 is 2.40 bits per heavy atom. The van der Waals surface area contributed by atoms with Crippen LogP contribution in [-0.2, 0) is 16.0 Å². The highest BCUT2D eigenvalue weighted by atomic mass is 16.5. The Labute approximate surface area is 147 Å². The molecular weight excluding hydrogens is 324 g/mol. The van der Waals surface area contributed by atoms with E-state index < -0.39 is 17.4 Å². The lowest BCUT2D eigenvalue weighted by Gasteiger charge is -2.21. The summed E-state index contributed by atoms with van der Waals surface area (Å²) < 4.78 is 5.20. The van der Waals surface area contributed by atoms with E-state index in [-0.39, 0.29) is 17.4 Å². The summed E-state index contributed by atoms with van der Waals surface area (Å²) in [5.41, 5.74) is 0.371. The zero-order chi connectivity index (χ0) is 19.2. The van der Waals surface area contributed by atoms with Crippen LogP contribution in [0.3, 0.4) is 0 Å². The van der Waals surface area contributed by atoms with E-state index >= 15 is 0 Å². The Balaban J connectivity index is 2.58. The van der Waals surface area contributed by atoms with Crippen LogP contribution in [0.25, 0.3) is 0 Å². The van der Waals surface area contributed by atoms with Crippen molar-refractivity contribution in [2.24, 2.45) is 5.41 Å². The molecule has 1 unspecified atom stereocenters. The summed E-state index contributed by atoms with van der Waals surface area (Å²) in [6, 6.07) is 3.97. The summed E-state index contributed by atoms with van der Waals surface area (Å²) in [6.07, 6.45) is 0.481. The monoisotopic (exact) mass is 350 g/mol. The highest BCUT2D eigenvalue weighted by Gasteiger charge is 2.24. The molecule has 0 aromatic heterocycles. The number of benzene rings is 1. The van der Waals surface area contributed by atoms with Gasteiger partial charge in [-0.05, 0) is 31.0 Å². The maximum atomic E-state index is 12.1. The first kappa shape index (κ1) is 20.5. The summed E-state index contributed by atoms with van der Waals surface area (Å²) in [5.74, 6) is -1.04. The fourth-order valence-corrected chi connectivity index (χ4v) is 2.04. The zero-order valence-electron chi connectivity index (χ0n) is 15.3. The van der Waals surface area contributed by atoms with Crippen molar-refractivity contribution in [1.29, 1.82) is 0 Å². The highest BCUT2D eigenvalue weighted by molar-refractivity contribution is 5.89. The number of hydrogen-bond acceptors (Lipinski definition) is 4. The van der Waals surface area contributed by atoms with Crippen LogP contribution in [0.1, 0.15) is 43.6 Å². The van der Waals surface area contributed by atoms with E-state index in [1.807, 2.05) is 0 Å². The minimum atomic E-state index is -1.03. The fraction of sp³-hybridized carbons (Fsp3) is 0.500. The minimum Gasteiger partial charge on any atom is -0.496 e. The standard InChI is InChI=1S/C18H26N2O5/c1-11(20-17(24)18(2,3)4)15(21)19-9-8-12-6-7-13(16(22)23)10-14(12)25-5/h6-7,10-11H,8-9H2,1-5H3,(H,19,21)(H,20,24)(H,22,23). The highest BCUT2D eigenvalue weighted by Crippen LogP contribution is 2.20. The van der Waals surface area contributed by atoms with Crippen molar-refractivity contribution in [3.63, 3.8) is 0 Å². The Bertz CT molecular complexity index is 649. The lowest BCUT2D eigenvalue weighted by molar-refractivity contribution is -0.133. The third-order valence-corrected chi connectivity index (χ3v) is 3.65. The molecular formula is C18H26N2O5. The Morgan fingerprint density at radius 1 is 1.24 bits per heavy atom. The summed E-state index contributed by atoms with van der Waals surface area (Å²) in [4.78, 5) is 34.9. The van der Waals surface area contributed by atoms with Crippen molar-refractivity contribution in [3.8, 4) is 5.75 Å². The predicted octanol–water partition coefficient (Wildman–Crippen LogP) is 1.60. The molecule has 1 aromatic carbocycles. The lowest BCUT2D eigenvalue weighted by atomic mass is 9.95. The third-order valence-electron chi connectivity index (χ3n) is 3.65. The van der Waals surface area contributed by atoms with E-state index in [2.05, 4.69) is 10.6 Å². The quantitative estimate of drug-likeness (QED) is 0.693. The molecule has 0 saturated carbocycles. The molecule has 0 saturated heterocycles. The van der Waals surface area contributed by atoms with Crippen LogP contribution in [-0.4, -0.2) is 42.6 Å². The summed E-state index contributed by atoms with van der Waals surface area (Å²) in [6.45, 7) is 7.30. The molecule has 3 N–H and O–H groups in total. The summed E-state index contributed by atoms with van der Waals surface area (Å²) in [5, 5.41) is 14.4. The molecule has 7 nitrogen and oxygen atoms in total. The molecule has 0 aliphatic carbocycles. The van der Waals surface area contributed by atoms with Crippen LogP contribution in [0.5, 0.6) is 5.75 Å². The number of carbonyl (C=O) groups is 3. The molecule has 25 heavy (non-hydrogen) atoms. The minimum absolute atomic E-state index is 0.142. The van der Waals surface area contributed by atoms with E-state index in [4.69, 9.17) is 9.84 Å². The van der Waals surface area contributed by atoms with Crippen molar-refractivity contribution >= 4 is 17.8 Å². The number of rotatable bonds is 7. The van der Waals surface area contributed by atoms with E-state index in [1.165, 1.54) is 19.2 Å². The Hall–Kier alpha value is -2.57. The number of aromatic carboxylic acids is 1. The van der Waals surface area contributed by atoms with Gasteiger partial charge >= 0.3 is 5.97 Å². The van der Waals surface area contributed by atoms with Gasteiger partial charge in [0.15, 0.2) is 0 Å². The maximum absolute atomic E-state index is 12.1. The molecule has 138 valence electrons. The Kier molecular flexibility index (Phi) is 6.97. The van der Waals surface area contributed by atoms with Gasteiger partial charge in [0.25, 0.3) is 0 Å². The number of carboxylic acids is 1. The molecule has 1 atom stereocenters. The van der Waals surface area contributed by atoms with Gasteiger partial charge in [-0.2, -0.15) is 0 Å². The molecule has 0 spiro atoms. The van der Waals surface area contributed by atoms with E-state index in [0.717, 1.165) is 5.56 Å². The van der Waals surface area contributed by atoms with Crippen LogP contribution in [0.2, 0.25) is 0 Å². The largest absolute Gasteiger partial charge is 0.496 e. The van der Waals surface area contributed by atoms with Crippen molar-refractivity contribution in [2.75, 3.05) is 13.7 Å². The average Bonchev–Trinajstić information content (AvgIpc) is 2.53. The molecule has 0 heterocycles. The van der Waals surface area contributed by atoms with E-state index in [1.54, 1.807) is 33.8 Å². The van der Waals surface area contributed by atoms with Crippen LogP contribution in [0.4, 0.5) is 0 Å². The van der Waals surface area contributed by atoms with Gasteiger partial charge in [0.05, 0.1) is 12.7 Å². The normalized spacial score (nSPS) is 12.2. The number of amides is 2. The van der Waals surface area contributed by atoms with Gasteiger partial charge in [0, 0.05) is 12.0 Å². The number of hydrogen-bond donors (Lipinski definition) is 3.